The van der Waals surface area contributed by atoms with E-state index in [0.29, 0.717) is 16.2 Å². The molecule has 0 atom stereocenters. The molecule has 0 fully saturated rings. The van der Waals surface area contributed by atoms with Gasteiger partial charge >= 0.3 is 0 Å². The largest absolute Gasteiger partial charge is 0.451 e. The van der Waals surface area contributed by atoms with Gasteiger partial charge in [0.15, 0.2) is 4.67 Å². The number of tetrazole rings is 1. The molecule has 0 aliphatic carbocycles. The average molecular weight is 433 g/mol. The highest BCUT2D eigenvalue weighted by atomic mass is 79.9. The summed E-state index contributed by atoms with van der Waals surface area (Å²) < 4.78 is 8.59. The standard InChI is InChI=1S/C12H8Br2ClN5O/c13-9-4-8(21-12(9)14)5-16-11-3-7(1-2-10(11)15)20-6-17-18-19-20/h1-4,6,16H,5H2. The van der Waals surface area contributed by atoms with Crippen molar-refractivity contribution in [1.82, 2.24) is 20.2 Å². The van der Waals surface area contributed by atoms with Crippen molar-refractivity contribution in [3.8, 4) is 5.69 Å². The second kappa shape index (κ2) is 6.17. The number of anilines is 1. The third kappa shape index (κ3) is 3.28. The number of hydrogen-bond acceptors (Lipinski definition) is 5. The van der Waals surface area contributed by atoms with E-state index in [1.807, 2.05) is 18.2 Å². The van der Waals surface area contributed by atoms with Crippen LogP contribution in [0, 0.1) is 0 Å². The first kappa shape index (κ1) is 14.6. The number of nitrogens with zero attached hydrogens (tertiary/aromatic N) is 4. The molecule has 0 unspecified atom stereocenters. The Morgan fingerprint density at radius 2 is 2.14 bits per heavy atom. The second-order valence-electron chi connectivity index (χ2n) is 4.11. The smallest absolute Gasteiger partial charge is 0.183 e. The van der Waals surface area contributed by atoms with Crippen LogP contribution >= 0.6 is 43.5 Å². The lowest BCUT2D eigenvalue weighted by atomic mass is 10.2. The van der Waals surface area contributed by atoms with Gasteiger partial charge in [-0.25, -0.2) is 4.68 Å². The summed E-state index contributed by atoms with van der Waals surface area (Å²) in [6.45, 7) is 0.503. The van der Waals surface area contributed by atoms with Crippen LogP contribution in [-0.2, 0) is 6.54 Å². The van der Waals surface area contributed by atoms with Crippen molar-refractivity contribution in [3.05, 3.63) is 50.5 Å². The van der Waals surface area contributed by atoms with Crippen LogP contribution in [0.15, 0.2) is 44.2 Å². The first-order chi connectivity index (χ1) is 10.1. The fourth-order valence-corrected chi connectivity index (χ4v) is 2.57. The average Bonchev–Trinajstić information content (AvgIpc) is 3.09. The highest BCUT2D eigenvalue weighted by molar-refractivity contribution is 9.13. The van der Waals surface area contributed by atoms with Gasteiger partial charge < -0.3 is 9.73 Å². The van der Waals surface area contributed by atoms with E-state index in [2.05, 4.69) is 52.7 Å². The molecule has 21 heavy (non-hydrogen) atoms. The van der Waals surface area contributed by atoms with E-state index in [-0.39, 0.29) is 0 Å². The minimum absolute atomic E-state index is 0.503. The predicted octanol–water partition coefficient (Wildman–Crippen LogP) is 4.05. The lowest BCUT2D eigenvalue weighted by Crippen LogP contribution is -2.01. The number of benzene rings is 1. The Kier molecular flexibility index (Phi) is 4.27. The Balaban J connectivity index is 1.80. The number of nitrogens with one attached hydrogen (secondary N) is 1. The van der Waals surface area contributed by atoms with E-state index in [1.54, 1.807) is 10.7 Å². The quantitative estimate of drug-likeness (QED) is 0.673. The van der Waals surface area contributed by atoms with Crippen LogP contribution in [0.2, 0.25) is 5.02 Å². The predicted molar refractivity (Wildman–Crippen MR) is 85.6 cm³/mol. The minimum Gasteiger partial charge on any atom is -0.451 e. The van der Waals surface area contributed by atoms with Crippen LogP contribution in [0.3, 0.4) is 0 Å². The zero-order valence-electron chi connectivity index (χ0n) is 10.4. The zero-order chi connectivity index (χ0) is 14.8. The second-order valence-corrected chi connectivity index (χ2v) is 6.09. The maximum Gasteiger partial charge on any atom is 0.183 e. The van der Waals surface area contributed by atoms with Crippen molar-refractivity contribution >= 4 is 49.1 Å². The van der Waals surface area contributed by atoms with Crippen molar-refractivity contribution in [1.29, 1.82) is 0 Å². The van der Waals surface area contributed by atoms with Crippen molar-refractivity contribution in [3.63, 3.8) is 0 Å². The Labute approximate surface area is 141 Å². The Bertz CT molecular complexity index is 740. The molecule has 3 rings (SSSR count). The number of halogens is 3. The fourth-order valence-electron chi connectivity index (χ4n) is 1.73. The molecule has 0 saturated carbocycles. The Hall–Kier alpha value is -1.38. The molecule has 3 aromatic rings. The maximum absolute atomic E-state index is 6.19. The van der Waals surface area contributed by atoms with Gasteiger partial charge in [0.2, 0.25) is 0 Å². The molecule has 2 heterocycles. The molecule has 0 aliphatic rings. The summed E-state index contributed by atoms with van der Waals surface area (Å²) in [6, 6.07) is 7.38. The lowest BCUT2D eigenvalue weighted by molar-refractivity contribution is 0.494. The van der Waals surface area contributed by atoms with E-state index in [1.165, 1.54) is 6.33 Å². The van der Waals surface area contributed by atoms with Crippen LogP contribution in [0.1, 0.15) is 5.76 Å². The summed E-state index contributed by atoms with van der Waals surface area (Å²) in [6.07, 6.45) is 1.52. The third-order valence-electron chi connectivity index (χ3n) is 2.71. The summed E-state index contributed by atoms with van der Waals surface area (Å²) in [5.41, 5.74) is 1.59. The number of furan rings is 1. The van der Waals surface area contributed by atoms with Crippen molar-refractivity contribution in [2.24, 2.45) is 0 Å². The summed E-state index contributed by atoms with van der Waals surface area (Å²) in [4.78, 5) is 0. The van der Waals surface area contributed by atoms with Gasteiger partial charge in [-0.1, -0.05) is 11.6 Å². The van der Waals surface area contributed by atoms with Gasteiger partial charge in [0.05, 0.1) is 27.4 Å². The molecule has 6 nitrogen and oxygen atoms in total. The first-order valence-electron chi connectivity index (χ1n) is 5.84. The summed E-state index contributed by atoms with van der Waals surface area (Å²) in [7, 11) is 0. The highest BCUT2D eigenvalue weighted by Gasteiger charge is 2.08. The molecule has 1 N–H and O–H groups in total. The molecule has 0 bridgehead atoms. The molecule has 9 heteroatoms. The van der Waals surface area contributed by atoms with Crippen LogP contribution in [-0.4, -0.2) is 20.2 Å². The maximum atomic E-state index is 6.19. The number of hydrogen-bond donors (Lipinski definition) is 1. The van der Waals surface area contributed by atoms with Crippen LogP contribution in [0.25, 0.3) is 5.69 Å². The van der Waals surface area contributed by atoms with Gasteiger partial charge in [-0.2, -0.15) is 0 Å². The van der Waals surface area contributed by atoms with Gasteiger partial charge in [-0.15, -0.1) is 5.10 Å². The van der Waals surface area contributed by atoms with Gasteiger partial charge in [0.1, 0.15) is 12.1 Å². The lowest BCUT2D eigenvalue weighted by Gasteiger charge is -2.09. The van der Waals surface area contributed by atoms with Gasteiger partial charge in [-0.3, -0.25) is 0 Å². The summed E-state index contributed by atoms with van der Waals surface area (Å²) >= 11 is 12.9. The van der Waals surface area contributed by atoms with Crippen LogP contribution < -0.4 is 5.32 Å². The number of aromatic nitrogens is 4. The Morgan fingerprint density at radius 1 is 1.29 bits per heavy atom. The normalized spacial score (nSPS) is 10.8. The van der Waals surface area contributed by atoms with Gasteiger partial charge in [-0.05, 0) is 66.6 Å². The molecule has 2 aromatic heterocycles. The van der Waals surface area contributed by atoms with Crippen molar-refractivity contribution < 1.29 is 4.42 Å². The van der Waals surface area contributed by atoms with Crippen molar-refractivity contribution in [2.75, 3.05) is 5.32 Å². The van der Waals surface area contributed by atoms with Gasteiger partial charge in [0.25, 0.3) is 0 Å². The van der Waals surface area contributed by atoms with Crippen molar-refractivity contribution in [2.45, 2.75) is 6.54 Å². The summed E-state index contributed by atoms with van der Waals surface area (Å²) in [5.74, 6) is 0.776. The van der Waals surface area contributed by atoms with Gasteiger partial charge in [0, 0.05) is 0 Å². The molecule has 0 spiro atoms. The SMILES string of the molecule is Clc1ccc(-n2cnnn2)cc1NCc1cc(Br)c(Br)o1. The third-order valence-corrected chi connectivity index (χ3v) is 4.75. The van der Waals surface area contributed by atoms with E-state index in [9.17, 15) is 0 Å². The van der Waals surface area contributed by atoms with Crippen LogP contribution in [0.5, 0.6) is 0 Å². The van der Waals surface area contributed by atoms with E-state index < -0.39 is 0 Å². The molecule has 108 valence electrons. The fraction of sp³-hybridized carbons (Fsp3) is 0.0833. The molecule has 1 aromatic carbocycles. The molecule has 0 aliphatic heterocycles. The Morgan fingerprint density at radius 3 is 2.81 bits per heavy atom. The summed E-state index contributed by atoms with van der Waals surface area (Å²) in [5, 5.41) is 14.9. The van der Waals surface area contributed by atoms with E-state index >= 15 is 0 Å². The monoisotopic (exact) mass is 431 g/mol. The first-order valence-corrected chi connectivity index (χ1v) is 7.80. The van der Waals surface area contributed by atoms with Crippen LogP contribution in [0.4, 0.5) is 5.69 Å². The topological polar surface area (TPSA) is 68.8 Å². The highest BCUT2D eigenvalue weighted by Crippen LogP contribution is 2.29. The molecular weight excluding hydrogens is 425 g/mol. The zero-order valence-corrected chi connectivity index (χ0v) is 14.4. The molecule has 0 saturated heterocycles. The molecular formula is C12H8Br2ClN5O. The molecule has 0 radical (unpaired) electrons. The minimum atomic E-state index is 0.503. The number of rotatable bonds is 4. The van der Waals surface area contributed by atoms with E-state index in [0.717, 1.165) is 21.6 Å². The molecule has 0 amide bonds. The van der Waals surface area contributed by atoms with E-state index in [4.69, 9.17) is 16.0 Å².